The third-order valence-electron chi connectivity index (χ3n) is 2.42. The number of amides is 1. The van der Waals surface area contributed by atoms with Crippen LogP contribution in [-0.4, -0.2) is 17.4 Å². The Balaban J connectivity index is 2.22. The number of nitro groups is 1. The predicted octanol–water partition coefficient (Wildman–Crippen LogP) is 0.703. The van der Waals surface area contributed by atoms with Gasteiger partial charge in [0.1, 0.15) is 6.17 Å². The molecule has 6 nitrogen and oxygen atoms in total. The van der Waals surface area contributed by atoms with Crippen molar-refractivity contribution in [1.82, 2.24) is 10.6 Å². The van der Waals surface area contributed by atoms with E-state index in [2.05, 4.69) is 10.6 Å². The van der Waals surface area contributed by atoms with Gasteiger partial charge in [-0.2, -0.15) is 0 Å². The molecular weight excluding hydrogens is 210 g/mol. The molecule has 1 aromatic rings. The second kappa shape index (κ2) is 4.28. The highest BCUT2D eigenvalue weighted by Gasteiger charge is 2.20. The fraction of sp³-hybridized carbons (Fsp3) is 0.300. The zero-order chi connectivity index (χ0) is 11.5. The Labute approximate surface area is 91.8 Å². The average molecular weight is 221 g/mol. The van der Waals surface area contributed by atoms with Crippen molar-refractivity contribution in [3.05, 3.63) is 39.9 Å². The van der Waals surface area contributed by atoms with Crippen LogP contribution in [0.1, 0.15) is 18.2 Å². The third kappa shape index (κ3) is 2.17. The first-order chi connectivity index (χ1) is 7.66. The SMILES string of the molecule is O=C1CCN[C@@H](c2cccc([N+](=O)[O-])c2)N1. The van der Waals surface area contributed by atoms with Gasteiger partial charge in [0.2, 0.25) is 5.91 Å². The van der Waals surface area contributed by atoms with Gasteiger partial charge in [-0.15, -0.1) is 0 Å². The number of rotatable bonds is 2. The number of nitrogens with zero attached hydrogens (tertiary/aromatic N) is 1. The molecule has 6 heteroatoms. The molecule has 1 heterocycles. The van der Waals surface area contributed by atoms with Crippen molar-refractivity contribution in [2.45, 2.75) is 12.6 Å². The van der Waals surface area contributed by atoms with Gasteiger partial charge in [-0.25, -0.2) is 0 Å². The van der Waals surface area contributed by atoms with Crippen LogP contribution in [0.2, 0.25) is 0 Å². The molecule has 1 aliphatic heterocycles. The molecule has 0 saturated carbocycles. The zero-order valence-corrected chi connectivity index (χ0v) is 8.47. The summed E-state index contributed by atoms with van der Waals surface area (Å²) in [7, 11) is 0. The van der Waals surface area contributed by atoms with Crippen molar-refractivity contribution in [3.8, 4) is 0 Å². The summed E-state index contributed by atoms with van der Waals surface area (Å²) in [6.45, 7) is 0.583. The minimum Gasteiger partial charge on any atom is -0.337 e. The van der Waals surface area contributed by atoms with Crippen LogP contribution in [0.3, 0.4) is 0 Å². The average Bonchev–Trinajstić information content (AvgIpc) is 2.29. The molecule has 0 radical (unpaired) electrons. The fourth-order valence-corrected chi connectivity index (χ4v) is 1.63. The topological polar surface area (TPSA) is 84.3 Å². The molecule has 0 bridgehead atoms. The van der Waals surface area contributed by atoms with Gasteiger partial charge in [0.05, 0.1) is 4.92 Å². The number of carbonyl (C=O) groups excluding carboxylic acids is 1. The molecule has 1 fully saturated rings. The number of benzene rings is 1. The maximum atomic E-state index is 11.2. The van der Waals surface area contributed by atoms with Crippen LogP contribution < -0.4 is 10.6 Å². The summed E-state index contributed by atoms with van der Waals surface area (Å²) >= 11 is 0. The van der Waals surface area contributed by atoms with E-state index in [4.69, 9.17) is 0 Å². The normalized spacial score (nSPS) is 20.2. The number of nitrogens with one attached hydrogen (secondary N) is 2. The molecule has 1 saturated heterocycles. The Morgan fingerprint density at radius 3 is 2.94 bits per heavy atom. The van der Waals surface area contributed by atoms with E-state index in [0.29, 0.717) is 18.5 Å². The first kappa shape index (κ1) is 10.6. The summed E-state index contributed by atoms with van der Waals surface area (Å²) in [4.78, 5) is 21.3. The minimum atomic E-state index is -0.450. The largest absolute Gasteiger partial charge is 0.337 e. The van der Waals surface area contributed by atoms with Crippen molar-refractivity contribution in [2.24, 2.45) is 0 Å². The van der Waals surface area contributed by atoms with Crippen molar-refractivity contribution in [3.63, 3.8) is 0 Å². The highest BCUT2D eigenvalue weighted by atomic mass is 16.6. The Kier molecular flexibility index (Phi) is 2.82. The zero-order valence-electron chi connectivity index (χ0n) is 8.47. The number of carbonyl (C=O) groups is 1. The number of non-ortho nitro benzene ring substituents is 1. The molecule has 0 aliphatic carbocycles. The van der Waals surface area contributed by atoms with Crippen molar-refractivity contribution < 1.29 is 9.72 Å². The smallest absolute Gasteiger partial charge is 0.269 e. The second-order valence-corrected chi connectivity index (χ2v) is 3.56. The van der Waals surface area contributed by atoms with Gasteiger partial charge >= 0.3 is 0 Å². The van der Waals surface area contributed by atoms with Gasteiger partial charge in [0.25, 0.3) is 5.69 Å². The highest BCUT2D eigenvalue weighted by molar-refractivity contribution is 5.77. The lowest BCUT2D eigenvalue weighted by Crippen LogP contribution is -2.44. The molecular formula is C10H11N3O3. The van der Waals surface area contributed by atoms with E-state index in [1.165, 1.54) is 12.1 Å². The first-order valence-corrected chi connectivity index (χ1v) is 4.94. The fourth-order valence-electron chi connectivity index (χ4n) is 1.63. The van der Waals surface area contributed by atoms with E-state index in [9.17, 15) is 14.9 Å². The van der Waals surface area contributed by atoms with E-state index >= 15 is 0 Å². The Morgan fingerprint density at radius 1 is 1.44 bits per heavy atom. The van der Waals surface area contributed by atoms with Crippen molar-refractivity contribution in [2.75, 3.05) is 6.54 Å². The Bertz CT molecular complexity index is 433. The van der Waals surface area contributed by atoms with Crippen LogP contribution in [0.5, 0.6) is 0 Å². The van der Waals surface area contributed by atoms with Gasteiger partial charge in [-0.1, -0.05) is 12.1 Å². The maximum absolute atomic E-state index is 11.2. The molecule has 1 aliphatic rings. The van der Waals surface area contributed by atoms with Crippen LogP contribution in [0.25, 0.3) is 0 Å². The van der Waals surface area contributed by atoms with Gasteiger partial charge in [0.15, 0.2) is 0 Å². The van der Waals surface area contributed by atoms with Crippen LogP contribution in [0, 0.1) is 10.1 Å². The predicted molar refractivity (Wildman–Crippen MR) is 56.6 cm³/mol. The maximum Gasteiger partial charge on any atom is 0.269 e. The van der Waals surface area contributed by atoms with Crippen LogP contribution in [-0.2, 0) is 4.79 Å². The summed E-state index contributed by atoms with van der Waals surface area (Å²) in [5.41, 5.74) is 0.723. The monoisotopic (exact) mass is 221 g/mol. The van der Waals surface area contributed by atoms with Crippen LogP contribution in [0.15, 0.2) is 24.3 Å². The minimum absolute atomic E-state index is 0.0270. The summed E-state index contributed by atoms with van der Waals surface area (Å²) in [5.74, 6) is -0.0461. The van der Waals surface area contributed by atoms with Crippen LogP contribution >= 0.6 is 0 Å². The van der Waals surface area contributed by atoms with Crippen LogP contribution in [0.4, 0.5) is 5.69 Å². The molecule has 84 valence electrons. The summed E-state index contributed by atoms with van der Waals surface area (Å²) in [6, 6.07) is 6.24. The van der Waals surface area contributed by atoms with Gasteiger partial charge in [-0.3, -0.25) is 20.2 Å². The Morgan fingerprint density at radius 2 is 2.25 bits per heavy atom. The molecule has 16 heavy (non-hydrogen) atoms. The Hall–Kier alpha value is -1.95. The molecule has 0 unspecified atom stereocenters. The third-order valence-corrected chi connectivity index (χ3v) is 2.42. The van der Waals surface area contributed by atoms with Gasteiger partial charge in [0, 0.05) is 25.1 Å². The molecule has 1 amide bonds. The molecule has 1 aromatic carbocycles. The number of hydrogen-bond donors (Lipinski definition) is 2. The molecule has 1 atom stereocenters. The molecule has 2 N–H and O–H groups in total. The summed E-state index contributed by atoms with van der Waals surface area (Å²) in [5, 5.41) is 16.4. The quantitative estimate of drug-likeness (QED) is 0.568. The molecule has 0 aromatic heterocycles. The number of hydrogen-bond acceptors (Lipinski definition) is 4. The van der Waals surface area contributed by atoms with Crippen molar-refractivity contribution in [1.29, 1.82) is 0 Å². The van der Waals surface area contributed by atoms with Gasteiger partial charge < -0.3 is 5.32 Å². The standard InChI is InChI=1S/C10H11N3O3/c14-9-4-5-11-10(12-9)7-2-1-3-8(6-7)13(15)16/h1-3,6,10-11H,4-5H2,(H,12,14)/t10-/m1/s1. The lowest BCUT2D eigenvalue weighted by molar-refractivity contribution is -0.384. The van der Waals surface area contributed by atoms with E-state index < -0.39 is 4.92 Å². The lowest BCUT2D eigenvalue weighted by Gasteiger charge is -2.24. The number of nitro benzene ring substituents is 1. The summed E-state index contributed by atoms with van der Waals surface area (Å²) < 4.78 is 0. The first-order valence-electron chi connectivity index (χ1n) is 4.94. The van der Waals surface area contributed by atoms with E-state index in [-0.39, 0.29) is 17.8 Å². The van der Waals surface area contributed by atoms with E-state index in [1.807, 2.05) is 0 Å². The molecule has 0 spiro atoms. The summed E-state index contributed by atoms with van der Waals surface area (Å²) in [6.07, 6.45) is 0.104. The molecule has 2 rings (SSSR count). The van der Waals surface area contributed by atoms with E-state index in [1.54, 1.807) is 12.1 Å². The van der Waals surface area contributed by atoms with Crippen molar-refractivity contribution >= 4 is 11.6 Å². The highest BCUT2D eigenvalue weighted by Crippen LogP contribution is 2.18. The second-order valence-electron chi connectivity index (χ2n) is 3.56. The van der Waals surface area contributed by atoms with E-state index in [0.717, 1.165) is 0 Å². The lowest BCUT2D eigenvalue weighted by atomic mass is 10.1. The van der Waals surface area contributed by atoms with Gasteiger partial charge in [-0.05, 0) is 5.56 Å².